The van der Waals surface area contributed by atoms with Crippen LogP contribution in [0.2, 0.25) is 5.02 Å². The van der Waals surface area contributed by atoms with Crippen LogP contribution in [0.3, 0.4) is 0 Å². The van der Waals surface area contributed by atoms with Gasteiger partial charge in [0.25, 0.3) is 0 Å². The quantitative estimate of drug-likeness (QED) is 0.851. The van der Waals surface area contributed by atoms with Gasteiger partial charge in [-0.1, -0.05) is 33.6 Å². The first-order valence-corrected chi connectivity index (χ1v) is 7.12. The van der Waals surface area contributed by atoms with Gasteiger partial charge in [0.1, 0.15) is 6.04 Å². The van der Waals surface area contributed by atoms with Crippen LogP contribution in [0.15, 0.2) is 22.7 Å². The molecule has 0 bridgehead atoms. The van der Waals surface area contributed by atoms with Gasteiger partial charge in [-0.2, -0.15) is 0 Å². The molecular formula is C13H15BrClNO3. The number of hydrogen-bond acceptors (Lipinski definition) is 4. The van der Waals surface area contributed by atoms with E-state index in [2.05, 4.69) is 15.9 Å². The van der Waals surface area contributed by atoms with E-state index in [1.54, 1.807) is 0 Å². The summed E-state index contributed by atoms with van der Waals surface area (Å²) in [5.74, 6) is -0.315. The molecule has 0 saturated carbocycles. The van der Waals surface area contributed by atoms with E-state index in [0.29, 0.717) is 24.5 Å². The zero-order valence-corrected chi connectivity index (χ0v) is 12.8. The van der Waals surface area contributed by atoms with Crippen molar-refractivity contribution in [1.29, 1.82) is 0 Å². The molecule has 6 heteroatoms. The van der Waals surface area contributed by atoms with Crippen molar-refractivity contribution >= 4 is 33.5 Å². The minimum absolute atomic E-state index is 0.315. The second kappa shape index (κ2) is 6.22. The van der Waals surface area contributed by atoms with Crippen molar-refractivity contribution in [3.8, 4) is 0 Å². The summed E-state index contributed by atoms with van der Waals surface area (Å²) in [5, 5.41) is 10.4. The lowest BCUT2D eigenvalue weighted by molar-refractivity contribution is -0.146. The Kier molecular flexibility index (Phi) is 4.84. The molecule has 104 valence electrons. The van der Waals surface area contributed by atoms with Crippen LogP contribution in [-0.4, -0.2) is 41.8 Å². The maximum absolute atomic E-state index is 11.7. The maximum Gasteiger partial charge on any atom is 0.323 e. The predicted molar refractivity (Wildman–Crippen MR) is 76.0 cm³/mol. The van der Waals surface area contributed by atoms with Crippen LogP contribution in [-0.2, 0) is 16.1 Å². The predicted octanol–water partition coefficient (Wildman–Crippen LogP) is 2.21. The average Bonchev–Trinajstić information content (AvgIpc) is 2.73. The third-order valence-electron chi connectivity index (χ3n) is 3.24. The number of ether oxygens (including phenoxy) is 1. The third-order valence-corrected chi connectivity index (χ3v) is 4.09. The van der Waals surface area contributed by atoms with Crippen LogP contribution >= 0.6 is 27.5 Å². The van der Waals surface area contributed by atoms with Gasteiger partial charge in [-0.25, -0.2) is 0 Å². The Morgan fingerprint density at radius 2 is 2.37 bits per heavy atom. The Morgan fingerprint density at radius 1 is 1.63 bits per heavy atom. The number of carbonyl (C=O) groups is 1. The molecule has 1 aromatic rings. The van der Waals surface area contributed by atoms with Crippen molar-refractivity contribution in [2.24, 2.45) is 0 Å². The summed E-state index contributed by atoms with van der Waals surface area (Å²) in [5.41, 5.74) is 0.924. The van der Waals surface area contributed by atoms with Crippen molar-refractivity contribution < 1.29 is 14.6 Å². The number of methoxy groups -OCH3 is 1. The number of benzene rings is 1. The van der Waals surface area contributed by atoms with Gasteiger partial charge in [0, 0.05) is 29.0 Å². The normalized spacial score (nSPS) is 23.6. The second-order valence-corrected chi connectivity index (χ2v) is 5.92. The zero-order valence-electron chi connectivity index (χ0n) is 10.5. The number of aliphatic hydroxyl groups is 1. The van der Waals surface area contributed by atoms with Gasteiger partial charge in [-0.15, -0.1) is 0 Å². The molecule has 2 atom stereocenters. The molecule has 1 saturated heterocycles. The van der Waals surface area contributed by atoms with E-state index in [1.807, 2.05) is 23.1 Å². The van der Waals surface area contributed by atoms with Gasteiger partial charge >= 0.3 is 5.97 Å². The molecule has 0 amide bonds. The number of rotatable bonds is 3. The summed E-state index contributed by atoms with van der Waals surface area (Å²) in [4.78, 5) is 13.6. The Hall–Kier alpha value is -0.620. The first-order chi connectivity index (χ1) is 9.01. The van der Waals surface area contributed by atoms with Gasteiger partial charge in [-0.3, -0.25) is 9.69 Å². The molecule has 2 unspecified atom stereocenters. The van der Waals surface area contributed by atoms with Crippen molar-refractivity contribution in [3.05, 3.63) is 33.3 Å². The van der Waals surface area contributed by atoms with E-state index in [4.69, 9.17) is 16.3 Å². The third kappa shape index (κ3) is 3.48. The van der Waals surface area contributed by atoms with Gasteiger partial charge < -0.3 is 9.84 Å². The molecule has 1 aliphatic rings. The number of aliphatic hydroxyl groups excluding tert-OH is 1. The zero-order chi connectivity index (χ0) is 14.0. The number of carbonyl (C=O) groups excluding carboxylic acids is 1. The number of esters is 1. The van der Waals surface area contributed by atoms with Crippen molar-refractivity contribution in [1.82, 2.24) is 4.90 Å². The van der Waals surface area contributed by atoms with Crippen LogP contribution in [0.4, 0.5) is 0 Å². The Morgan fingerprint density at radius 3 is 3.00 bits per heavy atom. The van der Waals surface area contributed by atoms with E-state index in [9.17, 15) is 9.90 Å². The molecule has 0 radical (unpaired) electrons. The monoisotopic (exact) mass is 347 g/mol. The van der Waals surface area contributed by atoms with E-state index in [1.165, 1.54) is 7.11 Å². The Balaban J connectivity index is 2.14. The molecule has 1 fully saturated rings. The Labute approximate surface area is 125 Å². The summed E-state index contributed by atoms with van der Waals surface area (Å²) >= 11 is 9.52. The maximum atomic E-state index is 11.7. The highest BCUT2D eigenvalue weighted by molar-refractivity contribution is 9.10. The lowest BCUT2D eigenvalue weighted by Gasteiger charge is -2.22. The van der Waals surface area contributed by atoms with Gasteiger partial charge in [0.05, 0.1) is 13.2 Å². The van der Waals surface area contributed by atoms with Crippen LogP contribution in [0, 0.1) is 0 Å². The molecular weight excluding hydrogens is 334 g/mol. The highest BCUT2D eigenvalue weighted by Gasteiger charge is 2.36. The van der Waals surface area contributed by atoms with Crippen molar-refractivity contribution in [2.75, 3.05) is 13.7 Å². The molecule has 0 aliphatic carbocycles. The van der Waals surface area contributed by atoms with Crippen LogP contribution in [0.25, 0.3) is 0 Å². The number of β-amino-alcohol motifs (C(OH)–C–C–N with tert-alkyl or cyclic N) is 1. The van der Waals surface area contributed by atoms with Crippen LogP contribution in [0.1, 0.15) is 12.0 Å². The Bertz CT molecular complexity index is 483. The minimum Gasteiger partial charge on any atom is -0.468 e. The first-order valence-electron chi connectivity index (χ1n) is 5.95. The molecule has 4 nitrogen and oxygen atoms in total. The summed E-state index contributed by atoms with van der Waals surface area (Å²) in [7, 11) is 1.36. The molecule has 2 rings (SSSR count). The second-order valence-electron chi connectivity index (χ2n) is 4.59. The number of halogens is 2. The molecule has 0 spiro atoms. The molecule has 19 heavy (non-hydrogen) atoms. The fourth-order valence-corrected chi connectivity index (χ4v) is 3.04. The summed E-state index contributed by atoms with van der Waals surface area (Å²) in [6.07, 6.45) is -0.0980. The summed E-state index contributed by atoms with van der Waals surface area (Å²) < 4.78 is 5.68. The smallest absolute Gasteiger partial charge is 0.323 e. The molecule has 1 N–H and O–H groups in total. The molecule has 1 aromatic carbocycles. The molecule has 1 heterocycles. The van der Waals surface area contributed by atoms with Crippen molar-refractivity contribution in [2.45, 2.75) is 25.1 Å². The van der Waals surface area contributed by atoms with E-state index in [-0.39, 0.29) is 5.97 Å². The van der Waals surface area contributed by atoms with Gasteiger partial charge in [0.2, 0.25) is 0 Å². The fourth-order valence-electron chi connectivity index (χ4n) is 2.30. The summed E-state index contributed by atoms with van der Waals surface area (Å²) in [6.45, 7) is 0.967. The minimum atomic E-state index is -0.502. The summed E-state index contributed by atoms with van der Waals surface area (Å²) in [6, 6.07) is 5.22. The van der Waals surface area contributed by atoms with Gasteiger partial charge in [0.15, 0.2) is 0 Å². The standard InChI is InChI=1S/C13H15BrClNO3/c1-19-13(18)12-5-10(17)7-16(12)6-8-2-3-9(14)4-11(8)15/h2-4,10,12,17H,5-7H2,1H3. The number of likely N-dealkylation sites (tertiary alicyclic amines) is 1. The number of hydrogen-bond donors (Lipinski definition) is 1. The topological polar surface area (TPSA) is 49.8 Å². The van der Waals surface area contributed by atoms with Crippen molar-refractivity contribution in [3.63, 3.8) is 0 Å². The fraction of sp³-hybridized carbons (Fsp3) is 0.462. The first kappa shape index (κ1) is 14.8. The number of nitrogens with zero attached hydrogens (tertiary/aromatic N) is 1. The van der Waals surface area contributed by atoms with E-state index >= 15 is 0 Å². The highest BCUT2D eigenvalue weighted by Crippen LogP contribution is 2.26. The lowest BCUT2D eigenvalue weighted by atomic mass is 10.1. The average molecular weight is 349 g/mol. The lowest BCUT2D eigenvalue weighted by Crippen LogP contribution is -2.36. The van der Waals surface area contributed by atoms with Crippen LogP contribution in [0.5, 0.6) is 0 Å². The van der Waals surface area contributed by atoms with E-state index < -0.39 is 12.1 Å². The van der Waals surface area contributed by atoms with Crippen LogP contribution < -0.4 is 0 Å². The van der Waals surface area contributed by atoms with Gasteiger partial charge in [-0.05, 0) is 17.7 Å². The SMILES string of the molecule is COC(=O)C1CC(O)CN1Cc1ccc(Br)cc1Cl. The largest absolute Gasteiger partial charge is 0.468 e. The molecule has 1 aliphatic heterocycles. The highest BCUT2D eigenvalue weighted by atomic mass is 79.9. The van der Waals surface area contributed by atoms with E-state index in [0.717, 1.165) is 10.0 Å². The molecule has 0 aromatic heterocycles.